The Morgan fingerprint density at radius 3 is 2.72 bits per heavy atom. The lowest BCUT2D eigenvalue weighted by atomic mass is 10.2. The fourth-order valence-corrected chi connectivity index (χ4v) is 2.89. The van der Waals surface area contributed by atoms with Gasteiger partial charge in [-0.1, -0.05) is 0 Å². The van der Waals surface area contributed by atoms with Gasteiger partial charge in [0, 0.05) is 23.2 Å². The van der Waals surface area contributed by atoms with Crippen molar-refractivity contribution in [2.24, 2.45) is 0 Å². The lowest BCUT2D eigenvalue weighted by molar-refractivity contribution is -0.383. The van der Waals surface area contributed by atoms with E-state index in [0.717, 1.165) is 9.47 Å². The topological polar surface area (TPSA) is 81.2 Å². The normalized spacial score (nSPS) is 10.3. The minimum Gasteiger partial charge on any atom is -0.393 e. The highest BCUT2D eigenvalue weighted by Crippen LogP contribution is 2.26. The predicted molar refractivity (Wildman–Crippen MR) is 76.9 cm³/mol. The number of hydrogen-bond acceptors (Lipinski definition) is 5. The predicted octanol–water partition coefficient (Wildman–Crippen LogP) is 3.61. The van der Waals surface area contributed by atoms with Gasteiger partial charge >= 0.3 is 0 Å². The third-order valence-electron chi connectivity index (χ3n) is 2.32. The molecular weight excluding hydrogens is 318 g/mol. The molecule has 0 aliphatic carbocycles. The molecule has 0 spiro atoms. The second kappa shape index (κ2) is 5.36. The second-order valence-corrected chi connectivity index (χ2v) is 6.14. The Hall–Kier alpha value is -1.60. The van der Waals surface area contributed by atoms with Gasteiger partial charge in [-0.2, -0.15) is 0 Å². The Morgan fingerprint density at radius 1 is 1.39 bits per heavy atom. The molecule has 2 aromatic rings. The molecule has 1 aromatic carbocycles. The molecule has 94 valence electrons. The molecule has 18 heavy (non-hydrogen) atoms. The lowest BCUT2D eigenvalue weighted by Crippen LogP contribution is -2.00. The van der Waals surface area contributed by atoms with Crippen molar-refractivity contribution >= 4 is 44.3 Å². The highest BCUT2D eigenvalue weighted by atomic mass is 79.9. The van der Waals surface area contributed by atoms with Crippen molar-refractivity contribution in [3.05, 3.63) is 49.1 Å². The van der Waals surface area contributed by atoms with Crippen LogP contribution in [0.25, 0.3) is 0 Å². The number of benzene rings is 1. The Balaban J connectivity index is 2.06. The monoisotopic (exact) mass is 327 g/mol. The maximum absolute atomic E-state index is 10.6. The van der Waals surface area contributed by atoms with Crippen molar-refractivity contribution in [2.45, 2.75) is 6.54 Å². The number of thiophene rings is 1. The van der Waals surface area contributed by atoms with E-state index in [1.54, 1.807) is 23.5 Å². The highest BCUT2D eigenvalue weighted by Gasteiger charge is 2.10. The molecule has 0 saturated heterocycles. The van der Waals surface area contributed by atoms with Crippen LogP contribution < -0.4 is 11.1 Å². The minimum absolute atomic E-state index is 0.0700. The van der Waals surface area contributed by atoms with Crippen molar-refractivity contribution < 1.29 is 4.92 Å². The number of halogens is 1. The van der Waals surface area contributed by atoms with Crippen LogP contribution in [0.4, 0.5) is 17.1 Å². The van der Waals surface area contributed by atoms with Gasteiger partial charge in [-0.05, 0) is 40.2 Å². The molecular formula is C11H10BrN3O2S. The van der Waals surface area contributed by atoms with Crippen molar-refractivity contribution in [3.63, 3.8) is 0 Å². The summed E-state index contributed by atoms with van der Waals surface area (Å²) in [6.45, 7) is 0.660. The van der Waals surface area contributed by atoms with Gasteiger partial charge in [-0.3, -0.25) is 10.1 Å². The maximum atomic E-state index is 10.6. The number of anilines is 2. The first kappa shape index (κ1) is 12.8. The highest BCUT2D eigenvalue weighted by molar-refractivity contribution is 9.11. The first-order valence-corrected chi connectivity index (χ1v) is 6.69. The first-order chi connectivity index (χ1) is 8.56. The molecule has 0 unspecified atom stereocenters. The third kappa shape index (κ3) is 2.99. The summed E-state index contributed by atoms with van der Waals surface area (Å²) >= 11 is 5.03. The number of hydrogen-bond donors (Lipinski definition) is 2. The molecule has 2 rings (SSSR count). The quantitative estimate of drug-likeness (QED) is 0.510. The van der Waals surface area contributed by atoms with Crippen molar-refractivity contribution in [1.29, 1.82) is 0 Å². The summed E-state index contributed by atoms with van der Waals surface area (Å²) in [7, 11) is 0. The van der Waals surface area contributed by atoms with E-state index in [1.165, 1.54) is 10.9 Å². The maximum Gasteiger partial charge on any atom is 0.292 e. The first-order valence-electron chi connectivity index (χ1n) is 5.08. The molecule has 0 aliphatic heterocycles. The van der Waals surface area contributed by atoms with Gasteiger partial charge in [0.25, 0.3) is 5.69 Å². The standard InChI is InChI=1S/C11H10BrN3O2S/c12-11-4-2-8(18-11)6-14-7-1-3-10(15(16)17)9(13)5-7/h1-5,14H,6,13H2. The smallest absolute Gasteiger partial charge is 0.292 e. The van der Waals surface area contributed by atoms with Crippen molar-refractivity contribution in [2.75, 3.05) is 11.1 Å². The molecule has 0 fully saturated rings. The second-order valence-electron chi connectivity index (χ2n) is 3.59. The average molecular weight is 328 g/mol. The minimum atomic E-state index is -0.491. The Bertz CT molecular complexity index is 585. The molecule has 0 amide bonds. The SMILES string of the molecule is Nc1cc(NCc2ccc(Br)s2)ccc1[N+](=O)[O-]. The van der Waals surface area contributed by atoms with Crippen LogP contribution in [-0.4, -0.2) is 4.92 Å². The van der Waals surface area contributed by atoms with Gasteiger partial charge in [0.05, 0.1) is 8.71 Å². The fraction of sp³-hybridized carbons (Fsp3) is 0.0909. The molecule has 0 aliphatic rings. The Kier molecular flexibility index (Phi) is 3.83. The fourth-order valence-electron chi connectivity index (χ4n) is 1.47. The zero-order valence-electron chi connectivity index (χ0n) is 9.22. The summed E-state index contributed by atoms with van der Waals surface area (Å²) in [5.74, 6) is 0. The van der Waals surface area contributed by atoms with Crippen molar-refractivity contribution in [3.8, 4) is 0 Å². The molecule has 7 heteroatoms. The van der Waals surface area contributed by atoms with E-state index in [0.29, 0.717) is 6.54 Å². The van der Waals surface area contributed by atoms with E-state index < -0.39 is 4.92 Å². The van der Waals surface area contributed by atoms with Crippen LogP contribution in [0.1, 0.15) is 4.88 Å². The molecule has 0 atom stereocenters. The van der Waals surface area contributed by atoms with E-state index in [-0.39, 0.29) is 11.4 Å². The van der Waals surface area contributed by atoms with Crippen LogP contribution in [0.3, 0.4) is 0 Å². The zero-order valence-corrected chi connectivity index (χ0v) is 11.6. The summed E-state index contributed by atoms with van der Waals surface area (Å²) < 4.78 is 1.07. The van der Waals surface area contributed by atoms with Crippen LogP contribution in [0, 0.1) is 10.1 Å². The molecule has 0 saturated carbocycles. The number of nitrogen functional groups attached to an aromatic ring is 1. The van der Waals surface area contributed by atoms with Crippen LogP contribution in [0.2, 0.25) is 0 Å². The van der Waals surface area contributed by atoms with Gasteiger partial charge in [-0.15, -0.1) is 11.3 Å². The molecule has 0 radical (unpaired) electrons. The van der Waals surface area contributed by atoms with Gasteiger partial charge in [0.15, 0.2) is 0 Å². The van der Waals surface area contributed by atoms with Crippen LogP contribution in [0.5, 0.6) is 0 Å². The number of nitrogens with zero attached hydrogens (tertiary/aromatic N) is 1. The van der Waals surface area contributed by atoms with Crippen LogP contribution in [-0.2, 0) is 6.54 Å². The Morgan fingerprint density at radius 2 is 2.17 bits per heavy atom. The molecule has 3 N–H and O–H groups in total. The van der Waals surface area contributed by atoms with Gasteiger partial charge < -0.3 is 11.1 Å². The number of nitro benzene ring substituents is 1. The van der Waals surface area contributed by atoms with Crippen LogP contribution >= 0.6 is 27.3 Å². The van der Waals surface area contributed by atoms with E-state index >= 15 is 0 Å². The average Bonchev–Trinajstić information content (AvgIpc) is 2.72. The van der Waals surface area contributed by atoms with Gasteiger partial charge in [0.2, 0.25) is 0 Å². The van der Waals surface area contributed by atoms with Gasteiger partial charge in [0.1, 0.15) is 5.69 Å². The molecule has 0 bridgehead atoms. The van der Waals surface area contributed by atoms with E-state index in [4.69, 9.17) is 5.73 Å². The van der Waals surface area contributed by atoms with Crippen LogP contribution in [0.15, 0.2) is 34.1 Å². The summed E-state index contributed by atoms with van der Waals surface area (Å²) in [5.41, 5.74) is 6.47. The largest absolute Gasteiger partial charge is 0.393 e. The van der Waals surface area contributed by atoms with E-state index in [1.807, 2.05) is 12.1 Å². The van der Waals surface area contributed by atoms with E-state index in [2.05, 4.69) is 21.2 Å². The summed E-state index contributed by atoms with van der Waals surface area (Å²) in [5, 5.41) is 13.8. The van der Waals surface area contributed by atoms with E-state index in [9.17, 15) is 10.1 Å². The van der Waals surface area contributed by atoms with Gasteiger partial charge in [-0.25, -0.2) is 0 Å². The molecule has 5 nitrogen and oxygen atoms in total. The number of nitrogens with one attached hydrogen (secondary N) is 1. The third-order valence-corrected chi connectivity index (χ3v) is 3.94. The number of rotatable bonds is 4. The number of nitrogens with two attached hydrogens (primary N) is 1. The lowest BCUT2D eigenvalue weighted by Gasteiger charge is -2.05. The summed E-state index contributed by atoms with van der Waals surface area (Å²) in [6.07, 6.45) is 0. The summed E-state index contributed by atoms with van der Waals surface area (Å²) in [6, 6.07) is 8.61. The Labute approximate surface area is 116 Å². The molecule has 1 aromatic heterocycles. The van der Waals surface area contributed by atoms with Crippen molar-refractivity contribution in [1.82, 2.24) is 0 Å². The number of nitro groups is 1. The summed E-state index contributed by atoms with van der Waals surface area (Å²) in [4.78, 5) is 11.3. The molecule has 1 heterocycles. The zero-order chi connectivity index (χ0) is 13.1.